The van der Waals surface area contributed by atoms with Crippen LogP contribution in [0.2, 0.25) is 0 Å². The molecular formula is C8H13N5OS. The van der Waals surface area contributed by atoms with Gasteiger partial charge in [0.15, 0.2) is 0 Å². The minimum atomic E-state index is 0.0791. The lowest BCUT2D eigenvalue weighted by Gasteiger charge is -2.25. The molecule has 2 heterocycles. The van der Waals surface area contributed by atoms with Crippen LogP contribution in [0.1, 0.15) is 5.69 Å². The number of nitrogens with one attached hydrogen (secondary N) is 2. The summed E-state index contributed by atoms with van der Waals surface area (Å²) in [6.45, 7) is 2.71. The summed E-state index contributed by atoms with van der Waals surface area (Å²) in [7, 11) is 1.85. The van der Waals surface area contributed by atoms with Crippen LogP contribution >= 0.6 is 11.5 Å². The first-order chi connectivity index (χ1) is 7.29. The Morgan fingerprint density at radius 3 is 3.27 bits per heavy atom. The lowest BCUT2D eigenvalue weighted by molar-refractivity contribution is -0.124. The van der Waals surface area contributed by atoms with Crippen molar-refractivity contribution in [2.45, 2.75) is 6.54 Å². The third kappa shape index (κ3) is 2.42. The lowest BCUT2D eigenvalue weighted by atomic mass is 10.3. The van der Waals surface area contributed by atoms with Gasteiger partial charge < -0.3 is 10.6 Å². The summed E-state index contributed by atoms with van der Waals surface area (Å²) in [6.07, 6.45) is 0. The van der Waals surface area contributed by atoms with E-state index in [1.807, 2.05) is 7.05 Å². The summed E-state index contributed by atoms with van der Waals surface area (Å²) >= 11 is 1.34. The predicted molar refractivity (Wildman–Crippen MR) is 57.7 cm³/mol. The fourth-order valence-corrected chi connectivity index (χ4v) is 2.06. The van der Waals surface area contributed by atoms with Gasteiger partial charge >= 0.3 is 0 Å². The molecule has 2 rings (SSSR count). The summed E-state index contributed by atoms with van der Waals surface area (Å²) in [6, 6.07) is 0. The van der Waals surface area contributed by atoms with Gasteiger partial charge in [-0.2, -0.15) is 0 Å². The average molecular weight is 227 g/mol. The summed E-state index contributed by atoms with van der Waals surface area (Å²) in [5, 5.41) is 10.8. The Kier molecular flexibility index (Phi) is 3.12. The third-order valence-electron chi connectivity index (χ3n) is 2.27. The van der Waals surface area contributed by atoms with Crippen LogP contribution in [0.25, 0.3) is 0 Å². The molecule has 0 saturated carbocycles. The number of carbonyl (C=O) groups excluding carboxylic acids is 1. The Morgan fingerprint density at radius 2 is 2.53 bits per heavy atom. The van der Waals surface area contributed by atoms with E-state index in [4.69, 9.17) is 0 Å². The van der Waals surface area contributed by atoms with E-state index >= 15 is 0 Å². The molecule has 0 aromatic carbocycles. The van der Waals surface area contributed by atoms with Crippen molar-refractivity contribution in [2.24, 2.45) is 0 Å². The van der Waals surface area contributed by atoms with E-state index in [0.29, 0.717) is 19.6 Å². The van der Waals surface area contributed by atoms with E-state index < -0.39 is 0 Å². The third-order valence-corrected chi connectivity index (χ3v) is 3.06. The zero-order valence-corrected chi connectivity index (χ0v) is 9.30. The second-order valence-electron chi connectivity index (χ2n) is 3.36. The molecule has 1 saturated heterocycles. The molecule has 0 atom stereocenters. The highest BCUT2D eigenvalue weighted by Gasteiger charge is 2.18. The van der Waals surface area contributed by atoms with Crippen LogP contribution < -0.4 is 10.6 Å². The molecule has 0 unspecified atom stereocenters. The van der Waals surface area contributed by atoms with E-state index in [2.05, 4.69) is 25.1 Å². The van der Waals surface area contributed by atoms with Crippen molar-refractivity contribution in [1.29, 1.82) is 0 Å². The molecule has 0 radical (unpaired) electrons. The minimum absolute atomic E-state index is 0.0791. The Morgan fingerprint density at radius 1 is 1.67 bits per heavy atom. The van der Waals surface area contributed by atoms with Gasteiger partial charge in [-0.1, -0.05) is 4.49 Å². The van der Waals surface area contributed by atoms with Gasteiger partial charge in [-0.25, -0.2) is 0 Å². The molecular weight excluding hydrogens is 214 g/mol. The first kappa shape index (κ1) is 10.3. The summed E-state index contributed by atoms with van der Waals surface area (Å²) < 4.78 is 3.88. The molecule has 1 aromatic heterocycles. The van der Waals surface area contributed by atoms with Crippen LogP contribution in [0, 0.1) is 0 Å². The predicted octanol–water partition coefficient (Wildman–Crippen LogP) is -0.488. The number of aromatic nitrogens is 2. The standard InChI is InChI=1S/C8H13N5OS/c1-9-8-6(11-12-15-8)4-13-3-2-10-7(14)5-13/h9H,2-5H2,1H3,(H,10,14). The minimum Gasteiger partial charge on any atom is -0.377 e. The van der Waals surface area contributed by atoms with E-state index in [0.717, 1.165) is 17.2 Å². The fraction of sp³-hybridized carbons (Fsp3) is 0.625. The topological polar surface area (TPSA) is 70.2 Å². The number of anilines is 1. The summed E-state index contributed by atoms with van der Waals surface area (Å²) in [5.41, 5.74) is 0.914. The summed E-state index contributed by atoms with van der Waals surface area (Å²) in [5.74, 6) is 0.0791. The van der Waals surface area contributed by atoms with Crippen molar-refractivity contribution in [3.05, 3.63) is 5.69 Å². The Balaban J connectivity index is 1.98. The van der Waals surface area contributed by atoms with Gasteiger partial charge in [0.2, 0.25) is 5.91 Å². The SMILES string of the molecule is CNc1snnc1CN1CCNC(=O)C1. The molecule has 1 aliphatic rings. The average Bonchev–Trinajstić information content (AvgIpc) is 2.65. The second-order valence-corrected chi connectivity index (χ2v) is 4.11. The van der Waals surface area contributed by atoms with Crippen molar-refractivity contribution in [3.8, 4) is 0 Å². The highest BCUT2D eigenvalue weighted by molar-refractivity contribution is 7.10. The van der Waals surface area contributed by atoms with Crippen LogP contribution in [0.15, 0.2) is 0 Å². The monoisotopic (exact) mass is 227 g/mol. The Bertz CT molecular complexity index is 353. The number of hydrogen-bond donors (Lipinski definition) is 2. The Hall–Kier alpha value is -1.21. The van der Waals surface area contributed by atoms with Crippen LogP contribution in [0.4, 0.5) is 5.00 Å². The van der Waals surface area contributed by atoms with Crippen molar-refractivity contribution in [1.82, 2.24) is 19.8 Å². The van der Waals surface area contributed by atoms with Gasteiger partial charge in [0.1, 0.15) is 10.7 Å². The molecule has 6 nitrogen and oxygen atoms in total. The van der Waals surface area contributed by atoms with E-state index in [1.54, 1.807) is 0 Å². The Labute approximate surface area is 91.8 Å². The highest BCUT2D eigenvalue weighted by atomic mass is 32.1. The highest BCUT2D eigenvalue weighted by Crippen LogP contribution is 2.18. The number of carbonyl (C=O) groups is 1. The first-order valence-corrected chi connectivity index (χ1v) is 5.55. The maximum atomic E-state index is 11.2. The molecule has 1 aliphatic heterocycles. The fourth-order valence-electron chi connectivity index (χ4n) is 1.54. The normalized spacial score (nSPS) is 17.5. The van der Waals surface area contributed by atoms with Gasteiger partial charge in [0, 0.05) is 38.2 Å². The number of piperazine rings is 1. The van der Waals surface area contributed by atoms with E-state index in [-0.39, 0.29) is 5.91 Å². The molecule has 1 fully saturated rings. The number of hydrogen-bond acceptors (Lipinski definition) is 6. The zero-order chi connectivity index (χ0) is 10.7. The molecule has 0 aliphatic carbocycles. The van der Waals surface area contributed by atoms with Crippen molar-refractivity contribution < 1.29 is 4.79 Å². The van der Waals surface area contributed by atoms with Crippen molar-refractivity contribution in [3.63, 3.8) is 0 Å². The van der Waals surface area contributed by atoms with Crippen molar-refractivity contribution >= 4 is 22.4 Å². The molecule has 15 heavy (non-hydrogen) atoms. The zero-order valence-electron chi connectivity index (χ0n) is 8.49. The largest absolute Gasteiger partial charge is 0.377 e. The maximum Gasteiger partial charge on any atom is 0.234 e. The lowest BCUT2D eigenvalue weighted by Crippen LogP contribution is -2.47. The van der Waals surface area contributed by atoms with Crippen molar-refractivity contribution in [2.75, 3.05) is 32.0 Å². The van der Waals surface area contributed by atoms with E-state index in [1.165, 1.54) is 11.5 Å². The summed E-state index contributed by atoms with van der Waals surface area (Å²) in [4.78, 5) is 13.2. The van der Waals surface area contributed by atoms with Crippen LogP contribution in [-0.2, 0) is 11.3 Å². The number of amides is 1. The molecule has 0 spiro atoms. The smallest absolute Gasteiger partial charge is 0.234 e. The van der Waals surface area contributed by atoms with E-state index in [9.17, 15) is 4.79 Å². The van der Waals surface area contributed by atoms with Gasteiger partial charge in [-0.15, -0.1) is 5.10 Å². The van der Waals surface area contributed by atoms with Gasteiger partial charge in [-0.05, 0) is 0 Å². The number of rotatable bonds is 3. The van der Waals surface area contributed by atoms with Gasteiger partial charge in [0.25, 0.3) is 0 Å². The second kappa shape index (κ2) is 4.54. The molecule has 7 heteroatoms. The molecule has 82 valence electrons. The van der Waals surface area contributed by atoms with Crippen LogP contribution in [0.5, 0.6) is 0 Å². The molecule has 1 amide bonds. The molecule has 0 bridgehead atoms. The maximum absolute atomic E-state index is 11.2. The molecule has 1 aromatic rings. The van der Waals surface area contributed by atoms with Crippen LogP contribution in [0.3, 0.4) is 0 Å². The molecule has 2 N–H and O–H groups in total. The van der Waals surface area contributed by atoms with Gasteiger partial charge in [-0.3, -0.25) is 9.69 Å². The van der Waals surface area contributed by atoms with Gasteiger partial charge in [0.05, 0.1) is 6.54 Å². The number of nitrogens with zero attached hydrogens (tertiary/aromatic N) is 3. The quantitative estimate of drug-likeness (QED) is 0.729. The first-order valence-electron chi connectivity index (χ1n) is 4.77. The van der Waals surface area contributed by atoms with Crippen LogP contribution in [-0.4, -0.2) is 47.1 Å².